The van der Waals surface area contributed by atoms with Gasteiger partial charge in [0, 0.05) is 5.56 Å². The molecule has 3 aromatic rings. The van der Waals surface area contributed by atoms with E-state index >= 15 is 0 Å². The van der Waals surface area contributed by atoms with E-state index in [4.69, 9.17) is 9.47 Å². The summed E-state index contributed by atoms with van der Waals surface area (Å²) in [6.45, 7) is 8.73. The van der Waals surface area contributed by atoms with Crippen LogP contribution in [0, 0.1) is 0 Å². The molecule has 0 fully saturated rings. The van der Waals surface area contributed by atoms with E-state index in [9.17, 15) is 4.79 Å². The van der Waals surface area contributed by atoms with E-state index in [1.54, 1.807) is 12.1 Å². The zero-order chi connectivity index (χ0) is 20.9. The summed E-state index contributed by atoms with van der Waals surface area (Å²) in [4.78, 5) is 16.5. The van der Waals surface area contributed by atoms with Crippen LogP contribution >= 0.6 is 0 Å². The van der Waals surface area contributed by atoms with Crippen molar-refractivity contribution in [3.8, 4) is 22.9 Å². The van der Waals surface area contributed by atoms with Gasteiger partial charge in [0.1, 0.15) is 0 Å². The number of benzene rings is 2. The summed E-state index contributed by atoms with van der Waals surface area (Å²) >= 11 is 0. The molecule has 1 heterocycles. The highest BCUT2D eigenvalue weighted by molar-refractivity contribution is 5.90. The first-order valence-electron chi connectivity index (χ1n) is 9.54. The lowest BCUT2D eigenvalue weighted by molar-refractivity contribution is -0.118. The van der Waals surface area contributed by atoms with Crippen molar-refractivity contribution in [1.82, 2.24) is 15.2 Å². The lowest BCUT2D eigenvalue weighted by atomic mass is 9.87. The van der Waals surface area contributed by atoms with E-state index in [0.29, 0.717) is 23.9 Å². The van der Waals surface area contributed by atoms with Gasteiger partial charge in [0.15, 0.2) is 23.9 Å². The molecule has 0 aliphatic heterocycles. The highest BCUT2D eigenvalue weighted by Gasteiger charge is 2.15. The molecule has 0 bridgehead atoms. The van der Waals surface area contributed by atoms with Crippen molar-refractivity contribution in [2.45, 2.75) is 33.1 Å². The minimum absolute atomic E-state index is 0.0832. The second-order valence-corrected chi connectivity index (χ2v) is 7.55. The van der Waals surface area contributed by atoms with Crippen molar-refractivity contribution in [2.24, 2.45) is 0 Å². The van der Waals surface area contributed by atoms with Gasteiger partial charge in [-0.25, -0.2) is 0 Å². The third-order valence-corrected chi connectivity index (χ3v) is 4.27. The molecule has 0 saturated heterocycles. The van der Waals surface area contributed by atoms with Gasteiger partial charge in [-0.2, -0.15) is 4.98 Å². The number of H-pyrrole nitrogens is 1. The number of ether oxygens (including phenoxy) is 2. The number of carbonyl (C=O) groups is 1. The molecule has 7 heteroatoms. The summed E-state index contributed by atoms with van der Waals surface area (Å²) in [7, 11) is 0. The third-order valence-electron chi connectivity index (χ3n) is 4.27. The largest absolute Gasteiger partial charge is 0.490 e. The number of anilines is 1. The first-order valence-corrected chi connectivity index (χ1v) is 9.54. The molecule has 29 heavy (non-hydrogen) atoms. The number of para-hydroxylation sites is 2. The fourth-order valence-electron chi connectivity index (χ4n) is 2.72. The van der Waals surface area contributed by atoms with Crippen molar-refractivity contribution in [3.63, 3.8) is 0 Å². The van der Waals surface area contributed by atoms with E-state index in [-0.39, 0.29) is 23.9 Å². The average molecular weight is 394 g/mol. The number of hydrogen-bond acceptors (Lipinski definition) is 5. The number of nitrogens with zero attached hydrogens (tertiary/aromatic N) is 2. The number of nitrogens with one attached hydrogen (secondary N) is 2. The second kappa shape index (κ2) is 8.77. The Kier molecular flexibility index (Phi) is 6.16. The van der Waals surface area contributed by atoms with Crippen molar-refractivity contribution in [1.29, 1.82) is 0 Å². The molecule has 0 aliphatic rings. The van der Waals surface area contributed by atoms with Crippen molar-refractivity contribution < 1.29 is 14.3 Å². The van der Waals surface area contributed by atoms with Gasteiger partial charge in [-0.15, -0.1) is 5.10 Å². The maximum atomic E-state index is 12.2. The number of rotatable bonds is 7. The van der Waals surface area contributed by atoms with Crippen molar-refractivity contribution in [2.75, 3.05) is 18.5 Å². The van der Waals surface area contributed by atoms with Gasteiger partial charge in [-0.05, 0) is 30.0 Å². The fraction of sp³-hybridized carbons (Fsp3) is 0.318. The van der Waals surface area contributed by atoms with Crippen LogP contribution < -0.4 is 14.8 Å². The molecule has 0 spiro atoms. The Labute approximate surface area is 170 Å². The summed E-state index contributed by atoms with van der Waals surface area (Å²) in [5, 5.41) is 9.54. The second-order valence-electron chi connectivity index (χ2n) is 7.55. The van der Waals surface area contributed by atoms with Crippen LogP contribution in [0.1, 0.15) is 33.3 Å². The van der Waals surface area contributed by atoms with Gasteiger partial charge < -0.3 is 9.47 Å². The first-order chi connectivity index (χ1) is 13.9. The molecule has 7 nitrogen and oxygen atoms in total. The Bertz CT molecular complexity index is 959. The van der Waals surface area contributed by atoms with E-state index in [2.05, 4.69) is 53.4 Å². The van der Waals surface area contributed by atoms with E-state index < -0.39 is 0 Å². The van der Waals surface area contributed by atoms with Crippen LogP contribution in [-0.4, -0.2) is 34.3 Å². The molecule has 1 amide bonds. The molecular formula is C22H26N4O3. The number of carbonyl (C=O) groups excluding carboxylic acids is 1. The van der Waals surface area contributed by atoms with Gasteiger partial charge in [-0.1, -0.05) is 57.2 Å². The molecule has 0 radical (unpaired) electrons. The number of aromatic amines is 1. The lowest BCUT2D eigenvalue weighted by Gasteiger charge is -2.18. The van der Waals surface area contributed by atoms with Crippen LogP contribution in [0.2, 0.25) is 0 Å². The maximum absolute atomic E-state index is 12.2. The Morgan fingerprint density at radius 3 is 2.31 bits per heavy atom. The Balaban J connectivity index is 1.59. The summed E-state index contributed by atoms with van der Waals surface area (Å²) < 4.78 is 11.0. The van der Waals surface area contributed by atoms with Gasteiger partial charge >= 0.3 is 0 Å². The summed E-state index contributed by atoms with van der Waals surface area (Å²) in [5.41, 5.74) is 2.21. The Morgan fingerprint density at radius 1 is 1.03 bits per heavy atom. The number of aromatic nitrogens is 3. The number of hydrogen-bond donors (Lipinski definition) is 2. The zero-order valence-corrected chi connectivity index (χ0v) is 17.2. The van der Waals surface area contributed by atoms with Crippen LogP contribution in [0.15, 0.2) is 48.5 Å². The zero-order valence-electron chi connectivity index (χ0n) is 17.2. The molecule has 2 N–H and O–H groups in total. The quantitative estimate of drug-likeness (QED) is 0.627. The topological polar surface area (TPSA) is 89.1 Å². The minimum Gasteiger partial charge on any atom is -0.490 e. The van der Waals surface area contributed by atoms with Crippen molar-refractivity contribution in [3.05, 3.63) is 54.1 Å². The first kappa shape index (κ1) is 20.4. The predicted molar refractivity (Wildman–Crippen MR) is 112 cm³/mol. The molecule has 0 saturated carbocycles. The van der Waals surface area contributed by atoms with Gasteiger partial charge in [-0.3, -0.25) is 15.2 Å². The summed E-state index contributed by atoms with van der Waals surface area (Å²) in [6.07, 6.45) is 0. The highest BCUT2D eigenvalue weighted by Crippen LogP contribution is 2.26. The Hall–Kier alpha value is -3.35. The standard InChI is InChI=1S/C22H26N4O3/c1-5-28-17-8-6-7-9-18(17)29-14-19(27)23-21-24-20(25-26-21)15-10-12-16(13-11-15)22(2,3)4/h6-13H,5,14H2,1-4H3,(H2,23,24,25,26,27). The van der Waals surface area contributed by atoms with E-state index in [0.717, 1.165) is 5.56 Å². The third kappa shape index (κ3) is 5.34. The van der Waals surface area contributed by atoms with Gasteiger partial charge in [0.2, 0.25) is 5.95 Å². The van der Waals surface area contributed by atoms with E-state index in [1.165, 1.54) is 5.56 Å². The average Bonchev–Trinajstić information content (AvgIpc) is 3.15. The normalized spacial score (nSPS) is 11.2. The van der Waals surface area contributed by atoms with E-state index in [1.807, 2.05) is 31.2 Å². The SMILES string of the molecule is CCOc1ccccc1OCC(=O)Nc1n[nH]c(-c2ccc(C(C)(C)C)cc2)n1. The fourth-order valence-corrected chi connectivity index (χ4v) is 2.72. The smallest absolute Gasteiger partial charge is 0.264 e. The van der Waals surface area contributed by atoms with Crippen molar-refractivity contribution >= 4 is 11.9 Å². The van der Waals surface area contributed by atoms with Crippen LogP contribution in [0.4, 0.5) is 5.95 Å². The van der Waals surface area contributed by atoms with Gasteiger partial charge in [0.25, 0.3) is 5.91 Å². The molecule has 0 atom stereocenters. The van der Waals surface area contributed by atoms with Crippen LogP contribution in [0.3, 0.4) is 0 Å². The summed E-state index contributed by atoms with van der Waals surface area (Å²) in [6, 6.07) is 15.3. The molecular weight excluding hydrogens is 368 g/mol. The molecule has 0 unspecified atom stereocenters. The predicted octanol–water partition coefficient (Wildman–Crippen LogP) is 4.19. The molecule has 1 aromatic heterocycles. The molecule has 2 aromatic carbocycles. The number of amides is 1. The van der Waals surface area contributed by atoms with Crippen LogP contribution in [0.25, 0.3) is 11.4 Å². The van der Waals surface area contributed by atoms with Crippen LogP contribution in [-0.2, 0) is 10.2 Å². The monoisotopic (exact) mass is 394 g/mol. The highest BCUT2D eigenvalue weighted by atomic mass is 16.5. The molecule has 152 valence electrons. The van der Waals surface area contributed by atoms with Gasteiger partial charge in [0.05, 0.1) is 6.61 Å². The minimum atomic E-state index is -0.357. The lowest BCUT2D eigenvalue weighted by Crippen LogP contribution is -2.21. The molecule has 3 rings (SSSR count). The maximum Gasteiger partial charge on any atom is 0.264 e. The summed E-state index contributed by atoms with van der Waals surface area (Å²) in [5.74, 6) is 1.54. The van der Waals surface area contributed by atoms with Crippen LogP contribution in [0.5, 0.6) is 11.5 Å². The Morgan fingerprint density at radius 2 is 1.69 bits per heavy atom. The molecule has 0 aliphatic carbocycles.